The average Bonchev–Trinajstić information content (AvgIpc) is 2.86. The number of fused-ring (bicyclic) bond motifs is 1. The number of hydrogen-bond acceptors (Lipinski definition) is 3. The SMILES string of the molecule is CCC(C)N(CC)S(=O)(=O)c1c(CCl)sc2ccccc12. The van der Waals surface area contributed by atoms with Crippen LogP contribution in [0.2, 0.25) is 0 Å². The van der Waals surface area contributed by atoms with Crippen molar-refractivity contribution in [3.8, 4) is 0 Å². The van der Waals surface area contributed by atoms with Gasteiger partial charge in [0, 0.05) is 27.5 Å². The molecule has 1 aromatic heterocycles. The van der Waals surface area contributed by atoms with Crippen molar-refractivity contribution >= 4 is 43.0 Å². The Balaban J connectivity index is 2.69. The number of sulfonamides is 1. The minimum atomic E-state index is -3.53. The topological polar surface area (TPSA) is 37.4 Å². The zero-order valence-corrected chi connectivity index (χ0v) is 14.9. The number of halogens is 1. The van der Waals surface area contributed by atoms with Crippen LogP contribution in [0.15, 0.2) is 29.2 Å². The molecule has 0 bridgehead atoms. The van der Waals surface area contributed by atoms with Crippen LogP contribution in [0.4, 0.5) is 0 Å². The predicted octanol–water partition coefficient (Wildman–Crippen LogP) is 4.45. The molecule has 0 aliphatic heterocycles. The Morgan fingerprint density at radius 3 is 2.52 bits per heavy atom. The smallest absolute Gasteiger partial charge is 0.207 e. The van der Waals surface area contributed by atoms with Crippen molar-refractivity contribution in [3.63, 3.8) is 0 Å². The molecule has 2 aromatic rings. The van der Waals surface area contributed by atoms with Gasteiger partial charge in [-0.2, -0.15) is 4.31 Å². The number of benzene rings is 1. The van der Waals surface area contributed by atoms with E-state index in [1.165, 1.54) is 11.3 Å². The number of nitrogens with zero attached hydrogens (tertiary/aromatic N) is 1. The van der Waals surface area contributed by atoms with Gasteiger partial charge in [-0.25, -0.2) is 8.42 Å². The zero-order valence-electron chi connectivity index (χ0n) is 12.5. The molecule has 6 heteroatoms. The van der Waals surface area contributed by atoms with Crippen molar-refractivity contribution in [1.29, 1.82) is 0 Å². The molecule has 0 amide bonds. The molecule has 2 rings (SSSR count). The van der Waals surface area contributed by atoms with E-state index in [2.05, 4.69) is 0 Å². The second-order valence-corrected chi connectivity index (χ2v) is 8.18. The maximum Gasteiger partial charge on any atom is 0.245 e. The van der Waals surface area contributed by atoms with Crippen LogP contribution in [-0.2, 0) is 15.9 Å². The highest BCUT2D eigenvalue weighted by molar-refractivity contribution is 7.89. The van der Waals surface area contributed by atoms with E-state index in [0.29, 0.717) is 11.4 Å². The van der Waals surface area contributed by atoms with E-state index in [1.807, 2.05) is 45.0 Å². The molecule has 0 radical (unpaired) electrons. The summed E-state index contributed by atoms with van der Waals surface area (Å²) in [5.74, 6) is 0.214. The largest absolute Gasteiger partial charge is 0.245 e. The summed E-state index contributed by atoms with van der Waals surface area (Å²) in [5.41, 5.74) is 0. The van der Waals surface area contributed by atoms with Crippen molar-refractivity contribution in [2.24, 2.45) is 0 Å². The van der Waals surface area contributed by atoms with Crippen molar-refractivity contribution in [3.05, 3.63) is 29.1 Å². The highest BCUT2D eigenvalue weighted by Gasteiger charge is 2.31. The van der Waals surface area contributed by atoms with Gasteiger partial charge in [-0.05, 0) is 19.4 Å². The first-order chi connectivity index (χ1) is 9.97. The third-order valence-corrected chi connectivity index (χ3v) is 7.64. The second kappa shape index (κ2) is 6.65. The summed E-state index contributed by atoms with van der Waals surface area (Å²) in [7, 11) is -3.53. The van der Waals surface area contributed by atoms with Gasteiger partial charge in [0.1, 0.15) is 4.90 Å². The lowest BCUT2D eigenvalue weighted by molar-refractivity contribution is 0.343. The molecule has 0 aliphatic rings. The van der Waals surface area contributed by atoms with Gasteiger partial charge in [-0.1, -0.05) is 32.0 Å². The van der Waals surface area contributed by atoms with Gasteiger partial charge in [0.2, 0.25) is 10.0 Å². The normalized spacial score (nSPS) is 14.0. The van der Waals surface area contributed by atoms with Gasteiger partial charge in [-0.3, -0.25) is 0 Å². The van der Waals surface area contributed by atoms with E-state index < -0.39 is 10.0 Å². The van der Waals surface area contributed by atoms with Crippen molar-refractivity contribution in [1.82, 2.24) is 4.31 Å². The summed E-state index contributed by atoms with van der Waals surface area (Å²) < 4.78 is 28.7. The first kappa shape index (κ1) is 16.7. The Morgan fingerprint density at radius 2 is 1.95 bits per heavy atom. The number of rotatable bonds is 6. The first-order valence-electron chi connectivity index (χ1n) is 7.05. The van der Waals surface area contributed by atoms with Crippen molar-refractivity contribution in [2.75, 3.05) is 6.54 Å². The summed E-state index contributed by atoms with van der Waals surface area (Å²) in [6.07, 6.45) is 0.783. The van der Waals surface area contributed by atoms with Crippen LogP contribution in [0, 0.1) is 0 Å². The van der Waals surface area contributed by atoms with Crippen LogP contribution in [0.1, 0.15) is 32.1 Å². The van der Waals surface area contributed by atoms with Crippen LogP contribution >= 0.6 is 22.9 Å². The third-order valence-electron chi connectivity index (χ3n) is 3.70. The van der Waals surface area contributed by atoms with Gasteiger partial charge in [0.15, 0.2) is 0 Å². The zero-order chi connectivity index (χ0) is 15.6. The molecular weight excluding hydrogens is 326 g/mol. The second-order valence-electron chi connectivity index (χ2n) is 4.95. The van der Waals surface area contributed by atoms with E-state index in [9.17, 15) is 8.42 Å². The van der Waals surface area contributed by atoms with Gasteiger partial charge >= 0.3 is 0 Å². The van der Waals surface area contributed by atoms with E-state index >= 15 is 0 Å². The van der Waals surface area contributed by atoms with E-state index in [0.717, 1.165) is 21.4 Å². The monoisotopic (exact) mass is 345 g/mol. The van der Waals surface area contributed by atoms with Gasteiger partial charge in [-0.15, -0.1) is 22.9 Å². The summed E-state index contributed by atoms with van der Waals surface area (Å²) in [4.78, 5) is 1.11. The van der Waals surface area contributed by atoms with E-state index in [1.54, 1.807) is 4.31 Å². The third kappa shape index (κ3) is 2.97. The standard InChI is InChI=1S/C15H20ClNO2S2/c1-4-11(3)17(5-2)21(18,19)15-12-8-6-7-9-13(12)20-14(15)10-16/h6-9,11H,4-5,10H2,1-3H3. The summed E-state index contributed by atoms with van der Waals surface area (Å²) >= 11 is 7.46. The average molecular weight is 346 g/mol. The molecule has 0 aliphatic carbocycles. The lowest BCUT2D eigenvalue weighted by Crippen LogP contribution is -2.38. The summed E-state index contributed by atoms with van der Waals surface area (Å²) in [6.45, 7) is 6.27. The Hall–Kier alpha value is -0.620. The van der Waals surface area contributed by atoms with Crippen LogP contribution in [0.5, 0.6) is 0 Å². The first-order valence-corrected chi connectivity index (χ1v) is 9.84. The number of hydrogen-bond donors (Lipinski definition) is 0. The molecular formula is C15H20ClNO2S2. The number of alkyl halides is 1. The van der Waals surface area contributed by atoms with Crippen LogP contribution < -0.4 is 0 Å². The minimum Gasteiger partial charge on any atom is -0.207 e. The Labute approximate surface area is 135 Å². The Bertz CT molecular complexity index is 724. The maximum absolute atomic E-state index is 13.1. The molecule has 116 valence electrons. The van der Waals surface area contributed by atoms with Gasteiger partial charge in [0.05, 0.1) is 5.88 Å². The van der Waals surface area contributed by atoms with Crippen molar-refractivity contribution in [2.45, 2.75) is 44.0 Å². The highest BCUT2D eigenvalue weighted by Crippen LogP contribution is 2.37. The highest BCUT2D eigenvalue weighted by atomic mass is 35.5. The quantitative estimate of drug-likeness (QED) is 0.725. The van der Waals surface area contributed by atoms with E-state index in [4.69, 9.17) is 11.6 Å². The molecule has 0 spiro atoms. The molecule has 0 saturated carbocycles. The predicted molar refractivity (Wildman–Crippen MR) is 90.7 cm³/mol. The van der Waals surface area contributed by atoms with Crippen LogP contribution in [0.3, 0.4) is 0 Å². The van der Waals surface area contributed by atoms with Crippen molar-refractivity contribution < 1.29 is 8.42 Å². The van der Waals surface area contributed by atoms with Gasteiger partial charge < -0.3 is 0 Å². The molecule has 1 unspecified atom stereocenters. The lowest BCUT2D eigenvalue weighted by atomic mass is 10.2. The van der Waals surface area contributed by atoms with Crippen LogP contribution in [-0.4, -0.2) is 25.3 Å². The fraction of sp³-hybridized carbons (Fsp3) is 0.467. The molecule has 0 N–H and O–H groups in total. The lowest BCUT2D eigenvalue weighted by Gasteiger charge is -2.26. The summed E-state index contributed by atoms with van der Waals surface area (Å²) in [6, 6.07) is 7.56. The van der Waals surface area contributed by atoms with Gasteiger partial charge in [0.25, 0.3) is 0 Å². The molecule has 0 fully saturated rings. The Kier molecular flexibility index (Phi) is 5.30. The molecule has 1 atom stereocenters. The molecule has 1 heterocycles. The van der Waals surface area contributed by atoms with Crippen LogP contribution in [0.25, 0.3) is 10.1 Å². The number of thiophene rings is 1. The molecule has 3 nitrogen and oxygen atoms in total. The fourth-order valence-corrected chi connectivity index (χ4v) is 6.33. The van der Waals surface area contributed by atoms with E-state index in [-0.39, 0.29) is 11.9 Å². The molecule has 1 aromatic carbocycles. The molecule has 0 saturated heterocycles. The maximum atomic E-state index is 13.1. The summed E-state index contributed by atoms with van der Waals surface area (Å²) in [5, 5.41) is 0.778. The fourth-order valence-electron chi connectivity index (χ4n) is 2.48. The Morgan fingerprint density at radius 1 is 1.29 bits per heavy atom. The molecule has 21 heavy (non-hydrogen) atoms. The minimum absolute atomic E-state index is 0.0261.